The van der Waals surface area contributed by atoms with E-state index in [0.717, 1.165) is 0 Å². The molecule has 1 rings (SSSR count). The molecule has 0 bridgehead atoms. The molecule has 0 atom stereocenters. The summed E-state index contributed by atoms with van der Waals surface area (Å²) in [5.74, 6) is 0.156. The van der Waals surface area contributed by atoms with E-state index < -0.39 is 5.41 Å². The molecular weight excluding hydrogens is 170 g/mol. The first-order valence-corrected chi connectivity index (χ1v) is 4.06. The van der Waals surface area contributed by atoms with Crippen LogP contribution >= 0.6 is 0 Å². The van der Waals surface area contributed by atoms with E-state index in [2.05, 4.69) is 4.98 Å². The smallest absolute Gasteiger partial charge is 0.311 e. The Morgan fingerprint density at radius 3 is 2.77 bits per heavy atom. The maximum Gasteiger partial charge on any atom is 0.311 e. The Bertz CT molecular complexity index is 272. The van der Waals surface area contributed by atoms with Crippen molar-refractivity contribution in [2.45, 2.75) is 27.4 Å². The summed E-state index contributed by atoms with van der Waals surface area (Å²) in [6, 6.07) is 0. The number of hydrogen-bond donors (Lipinski definition) is 0. The van der Waals surface area contributed by atoms with Crippen LogP contribution in [0.15, 0.2) is 16.9 Å². The second-order valence-corrected chi connectivity index (χ2v) is 3.75. The predicted octanol–water partition coefficient (Wildman–Crippen LogP) is 1.76. The molecule has 1 aromatic rings. The molecule has 1 heterocycles. The second kappa shape index (κ2) is 3.60. The van der Waals surface area contributed by atoms with Crippen molar-refractivity contribution in [1.82, 2.24) is 4.98 Å². The van der Waals surface area contributed by atoms with E-state index >= 15 is 0 Å². The molecule has 0 aromatic carbocycles. The quantitative estimate of drug-likeness (QED) is 0.655. The lowest BCUT2D eigenvalue weighted by Crippen LogP contribution is -2.22. The van der Waals surface area contributed by atoms with Gasteiger partial charge in [-0.05, 0) is 20.8 Å². The van der Waals surface area contributed by atoms with Gasteiger partial charge in [-0.1, -0.05) is 0 Å². The van der Waals surface area contributed by atoms with Gasteiger partial charge >= 0.3 is 5.97 Å². The largest absolute Gasteiger partial charge is 0.455 e. The Morgan fingerprint density at radius 1 is 1.62 bits per heavy atom. The summed E-state index contributed by atoms with van der Waals surface area (Å²) in [6.45, 7) is 5.49. The molecule has 0 aliphatic rings. The van der Waals surface area contributed by atoms with Gasteiger partial charge in [-0.3, -0.25) is 4.79 Å². The van der Waals surface area contributed by atoms with Gasteiger partial charge in [-0.2, -0.15) is 0 Å². The van der Waals surface area contributed by atoms with Crippen LogP contribution in [0.2, 0.25) is 0 Å². The summed E-state index contributed by atoms with van der Waals surface area (Å²) in [7, 11) is 0. The van der Waals surface area contributed by atoms with Gasteiger partial charge in [0, 0.05) is 0 Å². The summed E-state index contributed by atoms with van der Waals surface area (Å²) < 4.78 is 9.86. The first-order valence-electron chi connectivity index (χ1n) is 4.06. The number of aromatic nitrogens is 1. The number of hydrogen-bond acceptors (Lipinski definition) is 4. The first-order chi connectivity index (χ1) is 6.00. The van der Waals surface area contributed by atoms with E-state index in [4.69, 9.17) is 9.15 Å². The highest BCUT2D eigenvalue weighted by Gasteiger charge is 2.23. The molecule has 4 nitrogen and oxygen atoms in total. The summed E-state index contributed by atoms with van der Waals surface area (Å²) in [5, 5.41) is 0. The van der Waals surface area contributed by atoms with Crippen LogP contribution in [0.4, 0.5) is 0 Å². The van der Waals surface area contributed by atoms with Crippen LogP contribution in [0.1, 0.15) is 26.7 Å². The minimum Gasteiger partial charge on any atom is -0.455 e. The number of esters is 1. The molecule has 0 aliphatic carbocycles. The minimum atomic E-state index is -0.480. The Kier molecular flexibility index (Phi) is 2.70. The number of carbonyl (C=O) groups excluding carboxylic acids is 1. The maximum absolute atomic E-state index is 11.3. The highest BCUT2D eigenvalue weighted by Crippen LogP contribution is 2.15. The molecule has 0 spiro atoms. The Morgan fingerprint density at radius 2 is 2.31 bits per heavy atom. The van der Waals surface area contributed by atoms with E-state index in [-0.39, 0.29) is 12.6 Å². The molecular formula is C9H13NO3. The van der Waals surface area contributed by atoms with Crippen LogP contribution in [0.25, 0.3) is 0 Å². The summed E-state index contributed by atoms with van der Waals surface area (Å²) in [6.07, 6.45) is 2.96. The average molecular weight is 183 g/mol. The van der Waals surface area contributed by atoms with Crippen LogP contribution in [-0.2, 0) is 16.1 Å². The van der Waals surface area contributed by atoms with Gasteiger partial charge < -0.3 is 9.15 Å². The minimum absolute atomic E-state index is 0.100. The van der Waals surface area contributed by atoms with Gasteiger partial charge in [-0.15, -0.1) is 0 Å². The lowest BCUT2D eigenvalue weighted by molar-refractivity contribution is -0.155. The zero-order chi connectivity index (χ0) is 9.90. The van der Waals surface area contributed by atoms with Crippen molar-refractivity contribution in [1.29, 1.82) is 0 Å². The lowest BCUT2D eigenvalue weighted by atomic mass is 9.97. The molecule has 0 saturated carbocycles. The highest BCUT2D eigenvalue weighted by molar-refractivity contribution is 5.75. The van der Waals surface area contributed by atoms with Crippen LogP contribution in [0.5, 0.6) is 0 Å². The van der Waals surface area contributed by atoms with Crippen molar-refractivity contribution in [3.05, 3.63) is 18.4 Å². The van der Waals surface area contributed by atoms with Crippen LogP contribution in [0.3, 0.4) is 0 Å². The van der Waals surface area contributed by atoms with Crippen LogP contribution in [0, 0.1) is 5.41 Å². The summed E-state index contributed by atoms with van der Waals surface area (Å²) >= 11 is 0. The standard InChI is InChI=1S/C9H13NO3/c1-9(2,3)8(11)13-6-7-10-4-5-12-7/h4-5H,6H2,1-3H3. The topological polar surface area (TPSA) is 52.3 Å². The fourth-order valence-corrected chi connectivity index (χ4v) is 0.668. The van der Waals surface area contributed by atoms with Gasteiger partial charge in [0.1, 0.15) is 6.26 Å². The molecule has 0 saturated heterocycles. The Balaban J connectivity index is 2.40. The number of oxazole rings is 1. The van der Waals surface area contributed by atoms with E-state index in [9.17, 15) is 4.79 Å². The molecule has 4 heteroatoms. The Labute approximate surface area is 76.9 Å². The maximum atomic E-state index is 11.3. The highest BCUT2D eigenvalue weighted by atomic mass is 16.5. The van der Waals surface area contributed by atoms with Crippen molar-refractivity contribution in [3.63, 3.8) is 0 Å². The Hall–Kier alpha value is -1.32. The summed E-state index contributed by atoms with van der Waals surface area (Å²) in [4.78, 5) is 15.1. The number of nitrogens with zero attached hydrogens (tertiary/aromatic N) is 1. The number of ether oxygens (including phenoxy) is 1. The number of carbonyl (C=O) groups is 1. The molecule has 0 radical (unpaired) electrons. The zero-order valence-corrected chi connectivity index (χ0v) is 8.03. The molecule has 1 aromatic heterocycles. The van der Waals surface area contributed by atoms with Crippen molar-refractivity contribution >= 4 is 5.97 Å². The normalized spacial score (nSPS) is 11.3. The number of rotatable bonds is 2. The van der Waals surface area contributed by atoms with Crippen molar-refractivity contribution in [3.8, 4) is 0 Å². The molecule has 0 fully saturated rings. The van der Waals surface area contributed by atoms with Gasteiger partial charge in [0.05, 0.1) is 11.6 Å². The van der Waals surface area contributed by atoms with E-state index in [1.54, 1.807) is 20.8 Å². The lowest BCUT2D eigenvalue weighted by Gasteiger charge is -2.15. The second-order valence-electron chi connectivity index (χ2n) is 3.75. The molecule has 0 N–H and O–H groups in total. The zero-order valence-electron chi connectivity index (χ0n) is 8.03. The molecule has 13 heavy (non-hydrogen) atoms. The average Bonchev–Trinajstić information content (AvgIpc) is 2.50. The molecule has 0 aliphatic heterocycles. The summed E-state index contributed by atoms with van der Waals surface area (Å²) in [5.41, 5.74) is -0.480. The van der Waals surface area contributed by atoms with Crippen molar-refractivity contribution in [2.75, 3.05) is 0 Å². The molecule has 0 unspecified atom stereocenters. The van der Waals surface area contributed by atoms with Gasteiger partial charge in [-0.25, -0.2) is 4.98 Å². The van der Waals surface area contributed by atoms with Gasteiger partial charge in [0.25, 0.3) is 0 Å². The van der Waals surface area contributed by atoms with E-state index in [1.807, 2.05) is 0 Å². The first kappa shape index (κ1) is 9.77. The van der Waals surface area contributed by atoms with Gasteiger partial charge in [0.15, 0.2) is 6.61 Å². The van der Waals surface area contributed by atoms with E-state index in [0.29, 0.717) is 5.89 Å². The fourth-order valence-electron chi connectivity index (χ4n) is 0.668. The fraction of sp³-hybridized carbons (Fsp3) is 0.556. The van der Waals surface area contributed by atoms with Crippen molar-refractivity contribution < 1.29 is 13.9 Å². The van der Waals surface area contributed by atoms with Crippen LogP contribution < -0.4 is 0 Å². The third-order valence-electron chi connectivity index (χ3n) is 1.42. The van der Waals surface area contributed by atoms with Crippen LogP contribution in [-0.4, -0.2) is 11.0 Å². The van der Waals surface area contributed by atoms with E-state index in [1.165, 1.54) is 12.5 Å². The molecule has 72 valence electrons. The predicted molar refractivity (Wildman–Crippen MR) is 45.8 cm³/mol. The SMILES string of the molecule is CC(C)(C)C(=O)OCc1ncco1. The molecule has 0 amide bonds. The van der Waals surface area contributed by atoms with Gasteiger partial charge in [0.2, 0.25) is 5.89 Å². The third-order valence-corrected chi connectivity index (χ3v) is 1.42. The third kappa shape index (κ3) is 2.89. The van der Waals surface area contributed by atoms with Crippen molar-refractivity contribution in [2.24, 2.45) is 5.41 Å². The monoisotopic (exact) mass is 183 g/mol.